The maximum atomic E-state index is 2.64. The first-order chi connectivity index (χ1) is 13.8. The van der Waals surface area contributed by atoms with Crippen LogP contribution in [0.25, 0.3) is 5.57 Å². The average molecular weight is 398 g/mol. The lowest BCUT2D eigenvalue weighted by molar-refractivity contribution is 0.254. The van der Waals surface area contributed by atoms with Crippen LogP contribution in [-0.2, 0) is 0 Å². The van der Waals surface area contributed by atoms with Crippen LogP contribution in [0.4, 0.5) is 11.4 Å². The molecule has 1 fully saturated rings. The summed E-state index contributed by atoms with van der Waals surface area (Å²) in [5.41, 5.74) is 6.11. The SMILES string of the molecule is CCCCN1CCN(c2ccc(N(C)CC)cc2C2=CC(C)(C)CC(C)C2)CC1. The Balaban J connectivity index is 1.90. The van der Waals surface area contributed by atoms with Crippen molar-refractivity contribution in [1.82, 2.24) is 4.90 Å². The van der Waals surface area contributed by atoms with Gasteiger partial charge in [0.15, 0.2) is 0 Å². The fraction of sp³-hybridized carbons (Fsp3) is 0.692. The zero-order valence-electron chi connectivity index (χ0n) is 19.8. The second-order valence-electron chi connectivity index (χ2n) is 10.1. The second kappa shape index (κ2) is 9.55. The molecule has 29 heavy (non-hydrogen) atoms. The third kappa shape index (κ3) is 5.57. The summed E-state index contributed by atoms with van der Waals surface area (Å²) in [6.07, 6.45) is 7.67. The highest BCUT2D eigenvalue weighted by Crippen LogP contribution is 2.43. The lowest BCUT2D eigenvalue weighted by atomic mass is 9.73. The number of rotatable bonds is 7. The van der Waals surface area contributed by atoms with Gasteiger partial charge in [0, 0.05) is 56.7 Å². The molecule has 2 aliphatic rings. The number of unbranched alkanes of at least 4 members (excludes halogenated alkanes) is 1. The van der Waals surface area contributed by atoms with Gasteiger partial charge in [-0.15, -0.1) is 0 Å². The number of nitrogens with zero attached hydrogens (tertiary/aromatic N) is 3. The zero-order chi connectivity index (χ0) is 21.0. The van der Waals surface area contributed by atoms with Gasteiger partial charge in [0.05, 0.1) is 0 Å². The van der Waals surface area contributed by atoms with Crippen LogP contribution in [0.2, 0.25) is 0 Å². The summed E-state index contributed by atoms with van der Waals surface area (Å²) in [6, 6.07) is 7.18. The van der Waals surface area contributed by atoms with Crippen molar-refractivity contribution in [2.24, 2.45) is 11.3 Å². The van der Waals surface area contributed by atoms with Crippen molar-refractivity contribution in [2.75, 3.05) is 56.1 Å². The number of hydrogen-bond donors (Lipinski definition) is 0. The quantitative estimate of drug-likeness (QED) is 0.567. The van der Waals surface area contributed by atoms with Crippen molar-refractivity contribution in [3.63, 3.8) is 0 Å². The predicted octanol–water partition coefficient (Wildman–Crippen LogP) is 5.90. The summed E-state index contributed by atoms with van der Waals surface area (Å²) in [6.45, 7) is 18.7. The molecule has 1 aromatic rings. The first kappa shape index (κ1) is 22.2. The molecule has 0 radical (unpaired) electrons. The summed E-state index contributed by atoms with van der Waals surface area (Å²) in [5.74, 6) is 0.747. The number of hydrogen-bond acceptors (Lipinski definition) is 3. The van der Waals surface area contributed by atoms with E-state index in [2.05, 4.69) is 80.6 Å². The van der Waals surface area contributed by atoms with Crippen LogP contribution in [-0.4, -0.2) is 51.2 Å². The van der Waals surface area contributed by atoms with Gasteiger partial charge in [-0.2, -0.15) is 0 Å². The van der Waals surface area contributed by atoms with Crippen molar-refractivity contribution in [2.45, 2.75) is 60.3 Å². The third-order valence-electron chi connectivity index (χ3n) is 6.79. The fourth-order valence-corrected chi connectivity index (χ4v) is 5.19. The van der Waals surface area contributed by atoms with Crippen LogP contribution >= 0.6 is 0 Å². The molecule has 1 unspecified atom stereocenters. The Morgan fingerprint density at radius 3 is 2.45 bits per heavy atom. The van der Waals surface area contributed by atoms with Crippen LogP contribution < -0.4 is 9.80 Å². The lowest BCUT2D eigenvalue weighted by Crippen LogP contribution is -2.46. The van der Waals surface area contributed by atoms with E-state index in [1.165, 1.54) is 62.3 Å². The van der Waals surface area contributed by atoms with E-state index in [9.17, 15) is 0 Å². The molecular formula is C26H43N3. The maximum absolute atomic E-state index is 2.64. The first-order valence-electron chi connectivity index (χ1n) is 11.9. The summed E-state index contributed by atoms with van der Waals surface area (Å²) >= 11 is 0. The van der Waals surface area contributed by atoms with Gasteiger partial charge in [-0.25, -0.2) is 0 Å². The van der Waals surface area contributed by atoms with E-state index < -0.39 is 0 Å². The second-order valence-corrected chi connectivity index (χ2v) is 10.1. The largest absolute Gasteiger partial charge is 0.375 e. The Hall–Kier alpha value is -1.48. The Morgan fingerprint density at radius 1 is 1.10 bits per heavy atom. The van der Waals surface area contributed by atoms with E-state index in [1.807, 2.05) is 0 Å². The Bertz CT molecular complexity index is 698. The molecule has 0 bridgehead atoms. The zero-order valence-corrected chi connectivity index (χ0v) is 19.8. The van der Waals surface area contributed by atoms with E-state index >= 15 is 0 Å². The lowest BCUT2D eigenvalue weighted by Gasteiger charge is -2.39. The van der Waals surface area contributed by atoms with Gasteiger partial charge in [-0.3, -0.25) is 4.90 Å². The summed E-state index contributed by atoms with van der Waals surface area (Å²) in [5, 5.41) is 0. The normalized spacial score (nSPS) is 22.5. The van der Waals surface area contributed by atoms with E-state index in [4.69, 9.17) is 0 Å². The summed E-state index contributed by atoms with van der Waals surface area (Å²) in [4.78, 5) is 7.64. The molecule has 3 nitrogen and oxygen atoms in total. The highest BCUT2D eigenvalue weighted by molar-refractivity contribution is 5.81. The van der Waals surface area contributed by atoms with Crippen LogP contribution in [0.15, 0.2) is 24.3 Å². The van der Waals surface area contributed by atoms with Crippen LogP contribution in [0.5, 0.6) is 0 Å². The van der Waals surface area contributed by atoms with Crippen molar-refractivity contribution in [1.29, 1.82) is 0 Å². The monoisotopic (exact) mass is 397 g/mol. The molecule has 0 saturated carbocycles. The molecule has 1 heterocycles. The molecule has 0 spiro atoms. The molecule has 3 rings (SSSR count). The van der Waals surface area contributed by atoms with Crippen molar-refractivity contribution < 1.29 is 0 Å². The van der Waals surface area contributed by atoms with Crippen LogP contribution in [0.1, 0.15) is 65.9 Å². The highest BCUT2D eigenvalue weighted by Gasteiger charge is 2.28. The van der Waals surface area contributed by atoms with Gasteiger partial charge in [-0.1, -0.05) is 40.2 Å². The summed E-state index contributed by atoms with van der Waals surface area (Å²) in [7, 11) is 2.20. The number of anilines is 2. The fourth-order valence-electron chi connectivity index (χ4n) is 5.19. The van der Waals surface area contributed by atoms with Gasteiger partial charge >= 0.3 is 0 Å². The van der Waals surface area contributed by atoms with Gasteiger partial charge in [0.25, 0.3) is 0 Å². The standard InChI is InChI=1S/C26H43N3/c1-7-9-12-28-13-15-29(16-14-28)25-11-10-23(27(6)8-2)18-24(25)22-17-21(3)19-26(4,5)20-22/h10-11,18,20-21H,7-9,12-17,19H2,1-6H3. The van der Waals surface area contributed by atoms with Gasteiger partial charge < -0.3 is 9.80 Å². The first-order valence-corrected chi connectivity index (χ1v) is 11.9. The molecule has 1 atom stereocenters. The van der Waals surface area contributed by atoms with E-state index in [1.54, 1.807) is 5.57 Å². The number of piperazine rings is 1. The molecule has 0 N–H and O–H groups in total. The minimum absolute atomic E-state index is 0.287. The average Bonchev–Trinajstić information content (AvgIpc) is 2.70. The Kier molecular flexibility index (Phi) is 7.32. The minimum atomic E-state index is 0.287. The molecule has 3 heteroatoms. The molecule has 1 aliphatic heterocycles. The van der Waals surface area contributed by atoms with Crippen molar-refractivity contribution in [3.8, 4) is 0 Å². The molecule has 1 aromatic carbocycles. The van der Waals surface area contributed by atoms with Gasteiger partial charge in [0.2, 0.25) is 0 Å². The van der Waals surface area contributed by atoms with E-state index in [0.717, 1.165) is 25.6 Å². The molecule has 1 saturated heterocycles. The van der Waals surface area contributed by atoms with Gasteiger partial charge in [-0.05, 0) is 67.8 Å². The van der Waals surface area contributed by atoms with Crippen LogP contribution in [0, 0.1) is 11.3 Å². The highest BCUT2D eigenvalue weighted by atomic mass is 15.3. The minimum Gasteiger partial charge on any atom is -0.375 e. The van der Waals surface area contributed by atoms with E-state index in [-0.39, 0.29) is 5.41 Å². The van der Waals surface area contributed by atoms with Gasteiger partial charge in [0.1, 0.15) is 0 Å². The molecule has 0 amide bonds. The van der Waals surface area contributed by atoms with Crippen molar-refractivity contribution in [3.05, 3.63) is 29.8 Å². The van der Waals surface area contributed by atoms with Crippen LogP contribution in [0.3, 0.4) is 0 Å². The predicted molar refractivity (Wildman–Crippen MR) is 129 cm³/mol. The van der Waals surface area contributed by atoms with E-state index in [0.29, 0.717) is 0 Å². The summed E-state index contributed by atoms with van der Waals surface area (Å²) < 4.78 is 0. The Labute approximate surface area is 179 Å². The molecular weight excluding hydrogens is 354 g/mol. The molecule has 0 aromatic heterocycles. The van der Waals surface area contributed by atoms with Crippen molar-refractivity contribution >= 4 is 16.9 Å². The number of benzene rings is 1. The Morgan fingerprint density at radius 2 is 1.83 bits per heavy atom. The third-order valence-corrected chi connectivity index (χ3v) is 6.79. The smallest absolute Gasteiger partial charge is 0.0444 e. The number of allylic oxidation sites excluding steroid dienone is 2. The molecule has 162 valence electrons. The topological polar surface area (TPSA) is 9.72 Å². The molecule has 1 aliphatic carbocycles. The maximum Gasteiger partial charge on any atom is 0.0444 e.